The van der Waals surface area contributed by atoms with Crippen LogP contribution in [0.3, 0.4) is 0 Å². The molecule has 1 amide bonds. The van der Waals surface area contributed by atoms with E-state index in [4.69, 9.17) is 16.3 Å². The minimum absolute atomic E-state index is 0.0622. The SMILES string of the molecule is COC[C@@H](c1ccccn1)N(C)CC(=O)Nc1ccc(Cl)cc1F. The molecule has 0 aliphatic carbocycles. The molecule has 0 saturated heterocycles. The Morgan fingerprint density at radius 3 is 2.83 bits per heavy atom. The Hall–Kier alpha value is -2.02. The molecule has 0 unspecified atom stereocenters. The van der Waals surface area contributed by atoms with E-state index in [0.717, 1.165) is 11.8 Å². The topological polar surface area (TPSA) is 54.5 Å². The van der Waals surface area contributed by atoms with Crippen molar-refractivity contribution in [3.63, 3.8) is 0 Å². The Kier molecular flexibility index (Phi) is 6.66. The highest BCUT2D eigenvalue weighted by Gasteiger charge is 2.20. The zero-order valence-corrected chi connectivity index (χ0v) is 14.3. The summed E-state index contributed by atoms with van der Waals surface area (Å²) in [5.41, 5.74) is 0.895. The summed E-state index contributed by atoms with van der Waals surface area (Å²) in [7, 11) is 3.38. The molecule has 0 aliphatic rings. The lowest BCUT2D eigenvalue weighted by Gasteiger charge is -2.26. The van der Waals surface area contributed by atoms with Crippen LogP contribution >= 0.6 is 11.6 Å². The fourth-order valence-corrected chi connectivity index (χ4v) is 2.45. The third kappa shape index (κ3) is 4.99. The molecule has 1 aromatic heterocycles. The Labute approximate surface area is 145 Å². The number of halogens is 2. The van der Waals surface area contributed by atoms with Crippen LogP contribution < -0.4 is 5.32 Å². The van der Waals surface area contributed by atoms with Gasteiger partial charge < -0.3 is 10.1 Å². The van der Waals surface area contributed by atoms with E-state index in [-0.39, 0.29) is 29.2 Å². The minimum Gasteiger partial charge on any atom is -0.383 e. The van der Waals surface area contributed by atoms with E-state index in [9.17, 15) is 9.18 Å². The molecule has 2 rings (SSSR count). The van der Waals surface area contributed by atoms with Gasteiger partial charge in [0, 0.05) is 18.3 Å². The lowest BCUT2D eigenvalue weighted by atomic mass is 10.1. The van der Waals surface area contributed by atoms with Crippen molar-refractivity contribution < 1.29 is 13.9 Å². The first-order valence-electron chi connectivity index (χ1n) is 7.36. The average Bonchev–Trinajstić information content (AvgIpc) is 2.56. The fraction of sp³-hybridized carbons (Fsp3) is 0.294. The van der Waals surface area contributed by atoms with Crippen LogP contribution in [0.25, 0.3) is 0 Å². The second-order valence-electron chi connectivity index (χ2n) is 5.31. The van der Waals surface area contributed by atoms with Crippen molar-refractivity contribution >= 4 is 23.2 Å². The van der Waals surface area contributed by atoms with E-state index < -0.39 is 5.82 Å². The van der Waals surface area contributed by atoms with Crippen molar-refractivity contribution in [1.29, 1.82) is 0 Å². The van der Waals surface area contributed by atoms with Crippen LogP contribution in [0.4, 0.5) is 10.1 Å². The van der Waals surface area contributed by atoms with Crippen LogP contribution in [0, 0.1) is 5.82 Å². The quantitative estimate of drug-likeness (QED) is 0.832. The third-order valence-electron chi connectivity index (χ3n) is 3.48. The Morgan fingerprint density at radius 2 is 2.21 bits per heavy atom. The predicted molar refractivity (Wildman–Crippen MR) is 91.5 cm³/mol. The highest BCUT2D eigenvalue weighted by molar-refractivity contribution is 6.30. The highest BCUT2D eigenvalue weighted by Crippen LogP contribution is 2.20. The van der Waals surface area contributed by atoms with E-state index in [1.165, 1.54) is 12.1 Å². The maximum Gasteiger partial charge on any atom is 0.238 e. The van der Waals surface area contributed by atoms with Crippen molar-refractivity contribution in [2.45, 2.75) is 6.04 Å². The summed E-state index contributed by atoms with van der Waals surface area (Å²) in [6, 6.07) is 9.49. The molecular formula is C17H19ClFN3O2. The van der Waals surface area contributed by atoms with Gasteiger partial charge in [-0.15, -0.1) is 0 Å². The van der Waals surface area contributed by atoms with E-state index in [2.05, 4.69) is 10.3 Å². The van der Waals surface area contributed by atoms with E-state index in [0.29, 0.717) is 6.61 Å². The van der Waals surface area contributed by atoms with Crippen LogP contribution in [-0.2, 0) is 9.53 Å². The van der Waals surface area contributed by atoms with Gasteiger partial charge in [0.05, 0.1) is 30.6 Å². The normalized spacial score (nSPS) is 12.2. The number of methoxy groups -OCH3 is 1. The number of hydrogen-bond acceptors (Lipinski definition) is 4. The molecule has 2 aromatic rings. The number of amides is 1. The summed E-state index contributed by atoms with van der Waals surface area (Å²) in [5, 5.41) is 2.82. The molecule has 7 heteroatoms. The first-order chi connectivity index (χ1) is 11.5. The molecule has 0 bridgehead atoms. The third-order valence-corrected chi connectivity index (χ3v) is 3.72. The van der Waals surface area contributed by atoms with Gasteiger partial charge in [-0.05, 0) is 37.4 Å². The van der Waals surface area contributed by atoms with Gasteiger partial charge in [0.25, 0.3) is 0 Å². The summed E-state index contributed by atoms with van der Waals surface area (Å²) in [6.45, 7) is 0.447. The summed E-state index contributed by atoms with van der Waals surface area (Å²) in [4.78, 5) is 18.3. The van der Waals surface area contributed by atoms with Crippen LogP contribution in [0.15, 0.2) is 42.6 Å². The van der Waals surface area contributed by atoms with Gasteiger partial charge >= 0.3 is 0 Å². The van der Waals surface area contributed by atoms with Crippen LogP contribution in [-0.4, -0.2) is 43.1 Å². The lowest BCUT2D eigenvalue weighted by Crippen LogP contribution is -2.35. The molecule has 0 fully saturated rings. The second-order valence-corrected chi connectivity index (χ2v) is 5.75. The van der Waals surface area contributed by atoms with Crippen molar-refractivity contribution in [3.05, 3.63) is 59.1 Å². The summed E-state index contributed by atoms with van der Waals surface area (Å²) < 4.78 is 19.0. The molecule has 1 N–H and O–H groups in total. The molecule has 0 saturated carbocycles. The molecule has 1 aromatic carbocycles. The van der Waals surface area contributed by atoms with Gasteiger partial charge in [-0.2, -0.15) is 0 Å². The van der Waals surface area contributed by atoms with Gasteiger partial charge in [0.1, 0.15) is 5.82 Å². The molecule has 1 heterocycles. The second kappa shape index (κ2) is 8.73. The van der Waals surface area contributed by atoms with Gasteiger partial charge in [-0.25, -0.2) is 4.39 Å². The standard InChI is InChI=1S/C17H19ClFN3O2/c1-22(16(11-24-2)15-5-3-4-8-20-15)10-17(23)21-14-7-6-12(18)9-13(14)19/h3-9,16H,10-11H2,1-2H3,(H,21,23)/t16-/m0/s1. The number of carbonyl (C=O) groups is 1. The Bertz CT molecular complexity index is 685. The lowest BCUT2D eigenvalue weighted by molar-refractivity contribution is -0.117. The monoisotopic (exact) mass is 351 g/mol. The fourth-order valence-electron chi connectivity index (χ4n) is 2.29. The van der Waals surface area contributed by atoms with E-state index >= 15 is 0 Å². The number of ether oxygens (including phenoxy) is 1. The molecule has 24 heavy (non-hydrogen) atoms. The van der Waals surface area contributed by atoms with Crippen LogP contribution in [0.2, 0.25) is 5.02 Å². The average molecular weight is 352 g/mol. The Balaban J connectivity index is 2.03. The number of likely N-dealkylation sites (N-methyl/N-ethyl adjacent to an activating group) is 1. The van der Waals surface area contributed by atoms with Crippen LogP contribution in [0.1, 0.15) is 11.7 Å². The van der Waals surface area contributed by atoms with Gasteiger partial charge in [-0.3, -0.25) is 14.7 Å². The van der Waals surface area contributed by atoms with Gasteiger partial charge in [0.15, 0.2) is 0 Å². The summed E-state index contributed by atoms with van der Waals surface area (Å²) in [6.07, 6.45) is 1.69. The Morgan fingerprint density at radius 1 is 1.42 bits per heavy atom. The molecule has 5 nitrogen and oxygen atoms in total. The number of anilines is 1. The van der Waals surface area contributed by atoms with Gasteiger partial charge in [0.2, 0.25) is 5.91 Å². The van der Waals surface area contributed by atoms with Crippen molar-refractivity contribution in [1.82, 2.24) is 9.88 Å². The molecular weight excluding hydrogens is 333 g/mol. The number of hydrogen-bond donors (Lipinski definition) is 1. The number of nitrogens with zero attached hydrogens (tertiary/aromatic N) is 2. The minimum atomic E-state index is -0.573. The summed E-state index contributed by atoms with van der Waals surface area (Å²) in [5.74, 6) is -0.910. The predicted octanol–water partition coefficient (Wildman–Crippen LogP) is 3.13. The van der Waals surface area contributed by atoms with E-state index in [1.54, 1.807) is 25.3 Å². The van der Waals surface area contributed by atoms with Gasteiger partial charge in [-0.1, -0.05) is 17.7 Å². The van der Waals surface area contributed by atoms with E-state index in [1.807, 2.05) is 18.2 Å². The zero-order chi connectivity index (χ0) is 17.5. The number of pyridine rings is 1. The molecule has 0 radical (unpaired) electrons. The number of nitrogens with one attached hydrogen (secondary N) is 1. The van der Waals surface area contributed by atoms with Crippen molar-refractivity contribution in [3.8, 4) is 0 Å². The summed E-state index contributed by atoms with van der Waals surface area (Å²) >= 11 is 5.70. The van der Waals surface area contributed by atoms with Crippen molar-refractivity contribution in [2.75, 3.05) is 32.6 Å². The number of rotatable bonds is 7. The highest BCUT2D eigenvalue weighted by atomic mass is 35.5. The number of carbonyl (C=O) groups excluding carboxylic acids is 1. The van der Waals surface area contributed by atoms with Crippen molar-refractivity contribution in [2.24, 2.45) is 0 Å². The zero-order valence-electron chi connectivity index (χ0n) is 13.5. The molecule has 0 spiro atoms. The molecule has 128 valence electrons. The first kappa shape index (κ1) is 18.3. The largest absolute Gasteiger partial charge is 0.383 e. The maximum absolute atomic E-state index is 13.7. The van der Waals surface area contributed by atoms with Crippen LogP contribution in [0.5, 0.6) is 0 Å². The maximum atomic E-state index is 13.7. The molecule has 0 aliphatic heterocycles. The smallest absolute Gasteiger partial charge is 0.238 e. The number of benzene rings is 1. The first-order valence-corrected chi connectivity index (χ1v) is 7.74. The molecule has 1 atom stereocenters. The number of aromatic nitrogens is 1.